The highest BCUT2D eigenvalue weighted by molar-refractivity contribution is 5.99. The van der Waals surface area contributed by atoms with E-state index in [9.17, 15) is 9.18 Å². The van der Waals surface area contributed by atoms with Gasteiger partial charge in [-0.2, -0.15) is 0 Å². The highest BCUT2D eigenvalue weighted by Gasteiger charge is 2.09. The molecule has 0 radical (unpaired) electrons. The van der Waals surface area contributed by atoms with Gasteiger partial charge in [-0.1, -0.05) is 0 Å². The average molecular weight is 274 g/mol. The van der Waals surface area contributed by atoms with Gasteiger partial charge >= 0.3 is 11.8 Å². The van der Waals surface area contributed by atoms with Crippen molar-refractivity contribution in [1.82, 2.24) is 4.98 Å². The molecule has 102 valence electrons. The van der Waals surface area contributed by atoms with Crippen molar-refractivity contribution >= 4 is 24.2 Å². The van der Waals surface area contributed by atoms with E-state index in [1.807, 2.05) is 6.92 Å². The molecule has 1 aromatic heterocycles. The molecule has 2 rings (SSSR count). The summed E-state index contributed by atoms with van der Waals surface area (Å²) in [4.78, 5) is 15.8. The van der Waals surface area contributed by atoms with Gasteiger partial charge in [-0.15, -0.1) is 0 Å². The molecule has 0 bridgehead atoms. The summed E-state index contributed by atoms with van der Waals surface area (Å²) in [7, 11) is 0. The minimum Gasteiger partial charge on any atom is -0.307 e. The molecule has 0 unspecified atom stereocenters. The molecule has 0 saturated carbocycles. The number of nitrogens with one attached hydrogen (secondary N) is 2. The summed E-state index contributed by atoms with van der Waals surface area (Å²) in [6, 6.07) is 6.79. The Bertz CT molecular complexity index is 641. The predicted molar refractivity (Wildman–Crippen MR) is 74.6 cm³/mol. The van der Waals surface area contributed by atoms with E-state index < -0.39 is 11.8 Å². The molecule has 2 N–H and O–H groups in total. The molecule has 2 amide bonds. The van der Waals surface area contributed by atoms with Crippen molar-refractivity contribution < 1.29 is 13.6 Å². The van der Waals surface area contributed by atoms with Gasteiger partial charge in [-0.25, -0.2) is 13.6 Å². The smallest absolute Gasteiger partial charge is 0.307 e. The summed E-state index contributed by atoms with van der Waals surface area (Å²) in [5.74, 6) is -0.309. The fourth-order valence-corrected chi connectivity index (χ4v) is 1.55. The zero-order valence-corrected chi connectivity index (χ0v) is 10.8. The minimum atomic E-state index is -0.529. The van der Waals surface area contributed by atoms with Gasteiger partial charge in [-0.3, -0.25) is 4.98 Å². The van der Waals surface area contributed by atoms with Crippen LogP contribution < -0.4 is 10.6 Å². The lowest BCUT2D eigenvalue weighted by atomic mass is 10.3. The molecule has 0 aliphatic rings. The first kappa shape index (κ1) is 13.7. The van der Waals surface area contributed by atoms with Crippen molar-refractivity contribution in [3.63, 3.8) is 0 Å². The van der Waals surface area contributed by atoms with Crippen LogP contribution in [0.15, 0.2) is 36.5 Å². The summed E-state index contributed by atoms with van der Waals surface area (Å²) < 4.78 is 17.9. The molecule has 1 aromatic carbocycles. The number of aromatic nitrogens is 1. The number of benzene rings is 1. The fourth-order valence-electron chi connectivity index (χ4n) is 1.55. The van der Waals surface area contributed by atoms with Gasteiger partial charge in [0, 0.05) is 5.69 Å². The van der Waals surface area contributed by atoms with Crippen LogP contribution in [0.4, 0.5) is 20.6 Å². The zero-order valence-electron chi connectivity index (χ0n) is 10.8. The summed E-state index contributed by atoms with van der Waals surface area (Å²) in [5.41, 5.74) is 1.65. The molecule has 0 aliphatic carbocycles. The molecule has 0 spiro atoms. The van der Waals surface area contributed by atoms with Crippen LogP contribution in [0.2, 0.25) is 0 Å². The minimum absolute atomic E-state index is 0.220. The number of nitrogens with zero attached hydrogens (tertiary/aromatic N) is 1. The van der Waals surface area contributed by atoms with Crippen LogP contribution in [-0.2, 0) is 4.42 Å². The van der Waals surface area contributed by atoms with E-state index in [0.717, 1.165) is 5.69 Å². The number of carbonyl (C=O) groups excluding carboxylic acids is 2. The molecule has 0 fully saturated rings. The molecule has 1 heterocycles. The Morgan fingerprint density at radius 2 is 2.00 bits per heavy atom. The normalized spacial score (nSPS) is 9.90. The summed E-state index contributed by atoms with van der Waals surface area (Å²) in [6.45, 7) is 5.03. The van der Waals surface area contributed by atoms with Crippen molar-refractivity contribution in [2.45, 2.75) is 6.92 Å². The van der Waals surface area contributed by atoms with Crippen LogP contribution in [-0.4, -0.2) is 17.8 Å². The van der Waals surface area contributed by atoms with Gasteiger partial charge < -0.3 is 10.6 Å². The Hall–Kier alpha value is -2.76. The summed E-state index contributed by atoms with van der Waals surface area (Å²) in [6.07, 6.45) is 1.53. The van der Waals surface area contributed by atoms with Gasteiger partial charge in [-0.05, 0) is 25.1 Å². The van der Waals surface area contributed by atoms with E-state index in [0.29, 0.717) is 5.69 Å². The number of aryl methyl sites for hydroxylation is 1. The lowest BCUT2D eigenvalue weighted by Crippen LogP contribution is -2.19. The van der Waals surface area contributed by atoms with Crippen LogP contribution in [0, 0.1) is 12.7 Å². The molecular weight excluding hydrogens is 261 g/mol. The van der Waals surface area contributed by atoms with E-state index in [2.05, 4.69) is 26.8 Å². The van der Waals surface area contributed by atoms with E-state index in [1.165, 1.54) is 24.4 Å². The van der Waals surface area contributed by atoms with Gasteiger partial charge in [0.25, 0.3) is 6.79 Å². The number of hydrogen-bond acceptors (Lipinski definition) is 2. The van der Waals surface area contributed by atoms with E-state index in [1.54, 1.807) is 12.1 Å². The van der Waals surface area contributed by atoms with Gasteiger partial charge in [0.2, 0.25) is 0 Å². The van der Waals surface area contributed by atoms with Crippen LogP contribution in [0.5, 0.6) is 5.75 Å². The Morgan fingerprint density at radius 3 is 2.65 bits per heavy atom. The molecule has 0 aliphatic heterocycles. The second kappa shape index (κ2) is 5.92. The van der Waals surface area contributed by atoms with Crippen LogP contribution in [0.25, 0.3) is 0 Å². The number of urea groups is 1. The van der Waals surface area contributed by atoms with Crippen molar-refractivity contribution in [3.8, 4) is 5.75 Å². The van der Waals surface area contributed by atoms with Crippen molar-refractivity contribution in [2.24, 2.45) is 0 Å². The molecule has 5 nitrogen and oxygen atoms in total. The van der Waals surface area contributed by atoms with Crippen molar-refractivity contribution in [3.05, 3.63) is 48.0 Å². The molecule has 0 saturated heterocycles. The Morgan fingerprint density at radius 1 is 1.25 bits per heavy atom. The van der Waals surface area contributed by atoms with Crippen LogP contribution in [0.3, 0.4) is 0 Å². The molecule has 6 heteroatoms. The first-order valence-corrected chi connectivity index (χ1v) is 5.80. The Kier molecular flexibility index (Phi) is 4.05. The summed E-state index contributed by atoms with van der Waals surface area (Å²) in [5, 5.41) is 5.08. The number of carbonyl (C=O) groups is 1. The number of rotatable bonds is 3. The Balaban J connectivity index is 2.06. The van der Waals surface area contributed by atoms with Gasteiger partial charge in [0.1, 0.15) is 5.82 Å². The maximum absolute atomic E-state index is 13.2. The van der Waals surface area contributed by atoms with Gasteiger partial charge in [0.15, 0.2) is 0 Å². The van der Waals surface area contributed by atoms with E-state index >= 15 is 0 Å². The standard InChI is InChI=1S/C14H12FN3O2/c1-9-3-4-11(8-16-9)17-14(19)18-12-5-10(15)6-13(7-12)20-2/h3-8H,2H2,1H3,(H-,17,18,19)/p+1. The van der Waals surface area contributed by atoms with E-state index in [4.69, 9.17) is 0 Å². The zero-order chi connectivity index (χ0) is 14.5. The SMILES string of the molecule is C=[O+]c1cc(F)cc(NC(=O)Nc2ccc(C)nc2)c1. The first-order valence-electron chi connectivity index (χ1n) is 5.80. The second-order valence-corrected chi connectivity index (χ2v) is 4.09. The van der Waals surface area contributed by atoms with Crippen LogP contribution in [0.1, 0.15) is 5.69 Å². The molecule has 2 aromatic rings. The lowest BCUT2D eigenvalue weighted by molar-refractivity contribution is -0.354. The third kappa shape index (κ3) is 3.61. The summed E-state index contributed by atoms with van der Waals surface area (Å²) >= 11 is 0. The fraction of sp³-hybridized carbons (Fsp3) is 0.0714. The largest absolute Gasteiger partial charge is 0.356 e. The number of amides is 2. The number of anilines is 2. The highest BCUT2D eigenvalue weighted by atomic mass is 19.1. The lowest BCUT2D eigenvalue weighted by Gasteiger charge is -2.07. The number of pyridine rings is 1. The number of hydrogen-bond donors (Lipinski definition) is 2. The monoisotopic (exact) mass is 274 g/mol. The third-order valence-corrected chi connectivity index (χ3v) is 2.47. The molecule has 20 heavy (non-hydrogen) atoms. The van der Waals surface area contributed by atoms with E-state index in [-0.39, 0.29) is 11.4 Å². The van der Waals surface area contributed by atoms with Crippen molar-refractivity contribution in [2.75, 3.05) is 10.6 Å². The Labute approximate surface area is 115 Å². The maximum atomic E-state index is 13.2. The number of halogens is 1. The van der Waals surface area contributed by atoms with Gasteiger partial charge in [0.05, 0.1) is 29.7 Å². The average Bonchev–Trinajstić information content (AvgIpc) is 2.40. The topological polar surface area (TPSA) is 65.3 Å². The third-order valence-electron chi connectivity index (χ3n) is 2.47. The predicted octanol–water partition coefficient (Wildman–Crippen LogP) is 3.25. The second-order valence-electron chi connectivity index (χ2n) is 4.09. The molecular formula is C14H13FN3O2+. The first-order chi connectivity index (χ1) is 9.56. The van der Waals surface area contributed by atoms with Crippen molar-refractivity contribution in [1.29, 1.82) is 0 Å². The maximum Gasteiger partial charge on any atom is 0.356 e. The highest BCUT2D eigenvalue weighted by Crippen LogP contribution is 2.20. The quantitative estimate of drug-likeness (QED) is 0.844. The molecule has 0 atom stereocenters. The van der Waals surface area contributed by atoms with Crippen LogP contribution >= 0.6 is 0 Å².